The minimum Gasteiger partial charge on any atom is -0.315 e. The molecule has 0 aromatic carbocycles. The average Bonchev–Trinajstić information content (AvgIpc) is 2.28. The van der Waals surface area contributed by atoms with Gasteiger partial charge in [0.25, 0.3) is 0 Å². The van der Waals surface area contributed by atoms with Gasteiger partial charge in [-0.1, -0.05) is 20.3 Å². The maximum Gasteiger partial charge on any atom is 0.215 e. The average molecular weight is 274 g/mol. The first kappa shape index (κ1) is 14.3. The van der Waals surface area contributed by atoms with Crippen molar-refractivity contribution < 1.29 is 8.42 Å². The Morgan fingerprint density at radius 1 is 1.22 bits per heavy atom. The van der Waals surface area contributed by atoms with E-state index in [0.717, 1.165) is 38.6 Å². The minimum absolute atomic E-state index is 0.140. The summed E-state index contributed by atoms with van der Waals surface area (Å²) in [5.41, 5.74) is 0.274. The van der Waals surface area contributed by atoms with Crippen LogP contribution in [0.5, 0.6) is 0 Å². The fourth-order valence-corrected chi connectivity index (χ4v) is 4.88. The standard InChI is InChI=1S/C13H26N2O2S/c1-13(2)7-3-5-11(9-13)15-18(16,17)12-6-4-8-14-10-12/h11-12,14-15H,3-10H2,1-2H3. The molecule has 1 aliphatic heterocycles. The Labute approximate surface area is 111 Å². The van der Waals surface area contributed by atoms with Gasteiger partial charge in [-0.2, -0.15) is 0 Å². The van der Waals surface area contributed by atoms with Gasteiger partial charge in [0.2, 0.25) is 10.0 Å². The normalized spacial score (nSPS) is 33.2. The van der Waals surface area contributed by atoms with E-state index < -0.39 is 10.0 Å². The summed E-state index contributed by atoms with van der Waals surface area (Å²) in [5, 5.41) is 2.94. The monoisotopic (exact) mass is 274 g/mol. The second-order valence-electron chi connectivity index (χ2n) is 6.59. The topological polar surface area (TPSA) is 58.2 Å². The van der Waals surface area contributed by atoms with Crippen LogP contribution in [0.4, 0.5) is 0 Å². The zero-order valence-corrected chi connectivity index (χ0v) is 12.4. The third-order valence-electron chi connectivity index (χ3n) is 4.23. The smallest absolute Gasteiger partial charge is 0.215 e. The molecule has 4 nitrogen and oxygen atoms in total. The molecular formula is C13H26N2O2S. The van der Waals surface area contributed by atoms with Crippen LogP contribution in [0.2, 0.25) is 0 Å². The molecule has 1 saturated carbocycles. The number of sulfonamides is 1. The number of piperidine rings is 1. The lowest BCUT2D eigenvalue weighted by atomic mass is 9.75. The van der Waals surface area contributed by atoms with E-state index >= 15 is 0 Å². The van der Waals surface area contributed by atoms with Crippen molar-refractivity contribution in [1.29, 1.82) is 0 Å². The summed E-state index contributed by atoms with van der Waals surface area (Å²) in [5.74, 6) is 0. The first-order chi connectivity index (χ1) is 8.39. The van der Waals surface area contributed by atoms with Gasteiger partial charge in [0.05, 0.1) is 5.25 Å². The second-order valence-corrected chi connectivity index (χ2v) is 8.58. The van der Waals surface area contributed by atoms with Crippen molar-refractivity contribution in [3.05, 3.63) is 0 Å². The van der Waals surface area contributed by atoms with Crippen LogP contribution >= 0.6 is 0 Å². The van der Waals surface area contributed by atoms with E-state index in [9.17, 15) is 8.42 Å². The summed E-state index contributed by atoms with van der Waals surface area (Å²) in [6.07, 6.45) is 6.04. The van der Waals surface area contributed by atoms with Crippen LogP contribution in [-0.2, 0) is 10.0 Å². The molecule has 2 unspecified atom stereocenters. The van der Waals surface area contributed by atoms with Crippen molar-refractivity contribution in [3.8, 4) is 0 Å². The lowest BCUT2D eigenvalue weighted by Gasteiger charge is -2.36. The van der Waals surface area contributed by atoms with Crippen molar-refractivity contribution in [3.63, 3.8) is 0 Å². The maximum absolute atomic E-state index is 12.3. The fourth-order valence-electron chi connectivity index (χ4n) is 3.21. The summed E-state index contributed by atoms with van der Waals surface area (Å²) >= 11 is 0. The summed E-state index contributed by atoms with van der Waals surface area (Å²) in [6.45, 7) is 6.01. The largest absolute Gasteiger partial charge is 0.315 e. The molecule has 0 radical (unpaired) electrons. The quantitative estimate of drug-likeness (QED) is 0.822. The van der Waals surface area contributed by atoms with Crippen LogP contribution in [-0.4, -0.2) is 32.8 Å². The second kappa shape index (κ2) is 5.47. The summed E-state index contributed by atoms with van der Waals surface area (Å²) in [4.78, 5) is 0. The third-order valence-corrected chi connectivity index (χ3v) is 6.17. The predicted octanol–water partition coefficient (Wildman–Crippen LogP) is 1.63. The molecule has 1 aliphatic carbocycles. The molecule has 0 spiro atoms. The Morgan fingerprint density at radius 2 is 2.00 bits per heavy atom. The molecule has 2 aliphatic rings. The first-order valence-corrected chi connectivity index (χ1v) is 8.66. The van der Waals surface area contributed by atoms with Crippen LogP contribution in [0.1, 0.15) is 52.4 Å². The molecule has 0 bridgehead atoms. The van der Waals surface area contributed by atoms with Crippen molar-refractivity contribution in [2.45, 2.75) is 63.7 Å². The van der Waals surface area contributed by atoms with Gasteiger partial charge in [-0.15, -0.1) is 0 Å². The Morgan fingerprint density at radius 3 is 2.61 bits per heavy atom. The zero-order chi connectivity index (χ0) is 13.2. The van der Waals surface area contributed by atoms with Gasteiger partial charge in [-0.3, -0.25) is 0 Å². The van der Waals surface area contributed by atoms with Crippen LogP contribution in [0.15, 0.2) is 0 Å². The van der Waals surface area contributed by atoms with Gasteiger partial charge in [0, 0.05) is 12.6 Å². The third kappa shape index (κ3) is 3.68. The van der Waals surface area contributed by atoms with E-state index in [1.54, 1.807) is 0 Å². The Kier molecular flexibility index (Phi) is 4.34. The van der Waals surface area contributed by atoms with Gasteiger partial charge in [-0.05, 0) is 44.1 Å². The zero-order valence-electron chi connectivity index (χ0n) is 11.5. The van der Waals surface area contributed by atoms with E-state index in [2.05, 4.69) is 23.9 Å². The Bertz CT molecular complexity index is 372. The highest BCUT2D eigenvalue weighted by atomic mass is 32.2. The molecule has 18 heavy (non-hydrogen) atoms. The van der Waals surface area contributed by atoms with E-state index in [4.69, 9.17) is 0 Å². The lowest BCUT2D eigenvalue weighted by molar-refractivity contribution is 0.212. The fraction of sp³-hybridized carbons (Fsp3) is 1.00. The van der Waals surface area contributed by atoms with Crippen molar-refractivity contribution in [2.24, 2.45) is 5.41 Å². The highest BCUT2D eigenvalue weighted by Crippen LogP contribution is 2.35. The maximum atomic E-state index is 12.3. The van der Waals surface area contributed by atoms with Crippen LogP contribution in [0.25, 0.3) is 0 Å². The van der Waals surface area contributed by atoms with Crippen molar-refractivity contribution in [1.82, 2.24) is 10.0 Å². The molecule has 1 saturated heterocycles. The molecule has 2 fully saturated rings. The van der Waals surface area contributed by atoms with Gasteiger partial charge >= 0.3 is 0 Å². The molecule has 2 N–H and O–H groups in total. The summed E-state index contributed by atoms with van der Waals surface area (Å²) in [6, 6.07) is 0.140. The molecular weight excluding hydrogens is 248 g/mol. The summed E-state index contributed by atoms with van der Waals surface area (Å²) < 4.78 is 27.6. The molecule has 106 valence electrons. The van der Waals surface area contributed by atoms with Crippen molar-refractivity contribution in [2.75, 3.05) is 13.1 Å². The van der Waals surface area contributed by atoms with Crippen LogP contribution in [0, 0.1) is 5.41 Å². The lowest BCUT2D eigenvalue weighted by Crippen LogP contribution is -2.49. The molecule has 5 heteroatoms. The molecule has 0 aromatic rings. The van der Waals surface area contributed by atoms with Gasteiger partial charge in [-0.25, -0.2) is 13.1 Å². The SMILES string of the molecule is CC1(C)CCCC(NS(=O)(=O)C2CCCNC2)C1. The van der Waals surface area contributed by atoms with Gasteiger partial charge in [0.1, 0.15) is 0 Å². The molecule has 1 heterocycles. The number of hydrogen-bond donors (Lipinski definition) is 2. The first-order valence-electron chi connectivity index (χ1n) is 7.11. The minimum atomic E-state index is -3.15. The number of rotatable bonds is 3. The highest BCUT2D eigenvalue weighted by molar-refractivity contribution is 7.90. The van der Waals surface area contributed by atoms with E-state index in [1.807, 2.05) is 0 Å². The van der Waals surface area contributed by atoms with Crippen LogP contribution < -0.4 is 10.0 Å². The number of hydrogen-bond acceptors (Lipinski definition) is 3. The molecule has 0 aromatic heterocycles. The van der Waals surface area contributed by atoms with Gasteiger partial charge in [0.15, 0.2) is 0 Å². The van der Waals surface area contributed by atoms with E-state index in [1.165, 1.54) is 6.42 Å². The predicted molar refractivity (Wildman–Crippen MR) is 74.0 cm³/mol. The molecule has 2 atom stereocenters. The Balaban J connectivity index is 1.95. The highest BCUT2D eigenvalue weighted by Gasteiger charge is 2.33. The number of nitrogens with one attached hydrogen (secondary N) is 2. The van der Waals surface area contributed by atoms with Crippen LogP contribution in [0.3, 0.4) is 0 Å². The van der Waals surface area contributed by atoms with Gasteiger partial charge < -0.3 is 5.32 Å². The molecule has 2 rings (SSSR count). The summed E-state index contributed by atoms with van der Waals surface area (Å²) in [7, 11) is -3.15. The van der Waals surface area contributed by atoms with Crippen molar-refractivity contribution >= 4 is 10.0 Å². The molecule has 0 amide bonds. The van der Waals surface area contributed by atoms with E-state index in [-0.39, 0.29) is 16.7 Å². The Hall–Kier alpha value is -0.130. The van der Waals surface area contributed by atoms with E-state index in [0.29, 0.717) is 6.54 Å².